The highest BCUT2D eigenvalue weighted by Crippen LogP contribution is 2.60. The zero-order chi connectivity index (χ0) is 16.0. The highest BCUT2D eigenvalue weighted by molar-refractivity contribution is 5.90. The third kappa shape index (κ3) is 2.78. The van der Waals surface area contributed by atoms with Crippen molar-refractivity contribution in [2.24, 2.45) is 23.2 Å². The largest absolute Gasteiger partial charge is 0.344 e. The molecule has 0 radical (unpaired) electrons. The number of amides is 2. The van der Waals surface area contributed by atoms with Crippen molar-refractivity contribution in [3.8, 4) is 0 Å². The molecule has 0 spiro atoms. The number of likely N-dealkylation sites (tertiary alicyclic amines) is 1. The van der Waals surface area contributed by atoms with Crippen molar-refractivity contribution >= 4 is 11.8 Å². The molecule has 4 nitrogen and oxygen atoms in total. The Bertz CT molecular complexity index is 460. The number of carbonyl (C=O) groups excluding carboxylic acids is 2. The predicted octanol–water partition coefficient (Wildman–Crippen LogP) is 2.72. The highest BCUT2D eigenvalue weighted by Gasteiger charge is 2.54. The van der Waals surface area contributed by atoms with E-state index in [9.17, 15) is 9.59 Å². The van der Waals surface area contributed by atoms with E-state index < -0.39 is 0 Å². The van der Waals surface area contributed by atoms with Gasteiger partial charge in [0.25, 0.3) is 0 Å². The lowest BCUT2D eigenvalue weighted by Crippen LogP contribution is -2.57. The van der Waals surface area contributed by atoms with E-state index >= 15 is 0 Å². The molecular weight excluding hydrogens is 288 g/mol. The highest BCUT2D eigenvalue weighted by atomic mass is 16.2. The van der Waals surface area contributed by atoms with Crippen molar-refractivity contribution in [1.29, 1.82) is 0 Å². The van der Waals surface area contributed by atoms with Crippen LogP contribution in [0.1, 0.15) is 64.7 Å². The number of piperidine rings is 1. The van der Waals surface area contributed by atoms with Crippen LogP contribution in [0.3, 0.4) is 0 Å². The predicted molar refractivity (Wildman–Crippen MR) is 88.6 cm³/mol. The Morgan fingerprint density at radius 3 is 2.00 bits per heavy atom. The quantitative estimate of drug-likeness (QED) is 0.870. The van der Waals surface area contributed by atoms with E-state index in [-0.39, 0.29) is 23.3 Å². The molecule has 0 aromatic carbocycles. The first-order valence-electron chi connectivity index (χ1n) is 9.65. The SMILES string of the molecule is C[C@@H](NC(=O)C12CC3CC(CC(C3)C1)C2)C(=O)N1CCCCC1. The van der Waals surface area contributed by atoms with Gasteiger partial charge >= 0.3 is 0 Å². The number of nitrogens with zero attached hydrogens (tertiary/aromatic N) is 1. The summed E-state index contributed by atoms with van der Waals surface area (Å²) in [5.74, 6) is 2.58. The molecule has 0 unspecified atom stereocenters. The second-order valence-corrected chi connectivity index (χ2v) is 8.78. The lowest BCUT2D eigenvalue weighted by molar-refractivity contribution is -0.149. The number of hydrogen-bond donors (Lipinski definition) is 1. The molecule has 5 aliphatic rings. The van der Waals surface area contributed by atoms with Gasteiger partial charge in [0, 0.05) is 18.5 Å². The second kappa shape index (κ2) is 5.78. The molecule has 4 heteroatoms. The Balaban J connectivity index is 1.40. The molecule has 0 aromatic heterocycles. The zero-order valence-corrected chi connectivity index (χ0v) is 14.4. The van der Waals surface area contributed by atoms with Crippen LogP contribution in [0.4, 0.5) is 0 Å². The molecule has 4 aliphatic carbocycles. The Kier molecular flexibility index (Phi) is 3.89. The topological polar surface area (TPSA) is 49.4 Å². The maximum atomic E-state index is 13.0. The summed E-state index contributed by atoms with van der Waals surface area (Å²) in [5.41, 5.74) is -0.148. The standard InChI is InChI=1S/C19H30N2O2/c1-13(17(22)21-5-3-2-4-6-21)20-18(23)19-10-14-7-15(11-19)9-16(8-14)12-19/h13-16H,2-12H2,1H3,(H,20,23)/t13-,14?,15?,16?,19?/m1/s1. The zero-order valence-electron chi connectivity index (χ0n) is 14.4. The van der Waals surface area contributed by atoms with Crippen LogP contribution < -0.4 is 5.32 Å². The van der Waals surface area contributed by atoms with Crippen LogP contribution in [0.15, 0.2) is 0 Å². The fourth-order valence-electron chi connectivity index (χ4n) is 6.19. The first-order chi connectivity index (χ1) is 11.1. The van der Waals surface area contributed by atoms with E-state index in [1.807, 2.05) is 11.8 Å². The molecule has 1 heterocycles. The average molecular weight is 318 g/mol. The third-order valence-corrected chi connectivity index (χ3v) is 6.91. The molecule has 1 N–H and O–H groups in total. The van der Waals surface area contributed by atoms with Gasteiger partial charge in [-0.15, -0.1) is 0 Å². The first kappa shape index (κ1) is 15.5. The van der Waals surface area contributed by atoms with Crippen molar-refractivity contribution in [3.63, 3.8) is 0 Å². The molecule has 1 atom stereocenters. The molecule has 1 aliphatic heterocycles. The van der Waals surface area contributed by atoms with Crippen LogP contribution in [0.25, 0.3) is 0 Å². The van der Waals surface area contributed by atoms with E-state index in [0.29, 0.717) is 0 Å². The summed E-state index contributed by atoms with van der Waals surface area (Å²) in [6, 6.07) is -0.367. The van der Waals surface area contributed by atoms with Crippen LogP contribution in [0.5, 0.6) is 0 Å². The molecule has 23 heavy (non-hydrogen) atoms. The summed E-state index contributed by atoms with van der Waals surface area (Å²) in [7, 11) is 0. The smallest absolute Gasteiger partial charge is 0.244 e. The van der Waals surface area contributed by atoms with Crippen LogP contribution in [0.2, 0.25) is 0 Å². The summed E-state index contributed by atoms with van der Waals surface area (Å²) in [6.45, 7) is 3.59. The molecule has 5 fully saturated rings. The molecule has 5 rings (SSSR count). The Morgan fingerprint density at radius 2 is 1.48 bits per heavy atom. The third-order valence-electron chi connectivity index (χ3n) is 6.91. The summed E-state index contributed by atoms with van der Waals surface area (Å²) in [4.78, 5) is 27.5. The van der Waals surface area contributed by atoms with Gasteiger partial charge < -0.3 is 10.2 Å². The first-order valence-corrected chi connectivity index (χ1v) is 9.65. The minimum absolute atomic E-state index is 0.114. The number of carbonyl (C=O) groups is 2. The summed E-state index contributed by atoms with van der Waals surface area (Å²) >= 11 is 0. The van der Waals surface area contributed by atoms with E-state index in [2.05, 4.69) is 5.32 Å². The normalized spacial score (nSPS) is 40.0. The van der Waals surface area contributed by atoms with Gasteiger partial charge in [0.05, 0.1) is 0 Å². The molecular formula is C19H30N2O2. The molecule has 4 bridgehead atoms. The fourth-order valence-corrected chi connectivity index (χ4v) is 6.19. The monoisotopic (exact) mass is 318 g/mol. The van der Waals surface area contributed by atoms with E-state index in [4.69, 9.17) is 0 Å². The van der Waals surface area contributed by atoms with E-state index in [1.54, 1.807) is 0 Å². The van der Waals surface area contributed by atoms with Gasteiger partial charge in [-0.1, -0.05) is 0 Å². The van der Waals surface area contributed by atoms with Crippen LogP contribution in [-0.2, 0) is 9.59 Å². The van der Waals surface area contributed by atoms with Crippen LogP contribution in [-0.4, -0.2) is 35.8 Å². The van der Waals surface area contributed by atoms with Gasteiger partial charge in [0.2, 0.25) is 11.8 Å². The summed E-state index contributed by atoms with van der Waals surface area (Å²) < 4.78 is 0. The minimum Gasteiger partial charge on any atom is -0.344 e. The minimum atomic E-state index is -0.367. The van der Waals surface area contributed by atoms with Gasteiger partial charge in [0.1, 0.15) is 6.04 Å². The number of nitrogens with one attached hydrogen (secondary N) is 1. The van der Waals surface area contributed by atoms with Crippen molar-refractivity contribution in [2.45, 2.75) is 70.8 Å². The number of rotatable bonds is 3. The van der Waals surface area contributed by atoms with E-state index in [1.165, 1.54) is 25.7 Å². The summed E-state index contributed by atoms with van der Waals surface area (Å²) in [5, 5.41) is 3.10. The Labute approximate surface area is 139 Å². The van der Waals surface area contributed by atoms with Crippen molar-refractivity contribution in [2.75, 3.05) is 13.1 Å². The molecule has 1 saturated heterocycles. The van der Waals surface area contributed by atoms with Crippen LogP contribution in [0, 0.1) is 23.2 Å². The van der Waals surface area contributed by atoms with Gasteiger partial charge in [0.15, 0.2) is 0 Å². The molecule has 2 amide bonds. The van der Waals surface area contributed by atoms with Crippen molar-refractivity contribution < 1.29 is 9.59 Å². The van der Waals surface area contributed by atoms with Gasteiger partial charge in [-0.3, -0.25) is 9.59 Å². The van der Waals surface area contributed by atoms with Crippen molar-refractivity contribution in [3.05, 3.63) is 0 Å². The van der Waals surface area contributed by atoms with Gasteiger partial charge in [-0.05, 0) is 82.5 Å². The lowest BCUT2D eigenvalue weighted by Gasteiger charge is -2.55. The average Bonchev–Trinajstić information content (AvgIpc) is 2.53. The maximum Gasteiger partial charge on any atom is 0.244 e. The fraction of sp³-hybridized carbons (Fsp3) is 0.895. The molecule has 4 saturated carbocycles. The summed E-state index contributed by atoms with van der Waals surface area (Å²) in [6.07, 6.45) is 10.6. The number of hydrogen-bond acceptors (Lipinski definition) is 2. The van der Waals surface area contributed by atoms with Crippen LogP contribution >= 0.6 is 0 Å². The molecule has 128 valence electrons. The van der Waals surface area contributed by atoms with Crippen molar-refractivity contribution in [1.82, 2.24) is 10.2 Å². The molecule has 0 aromatic rings. The Morgan fingerprint density at radius 1 is 0.957 bits per heavy atom. The maximum absolute atomic E-state index is 13.0. The van der Waals surface area contributed by atoms with E-state index in [0.717, 1.165) is 62.9 Å². The van der Waals surface area contributed by atoms with Gasteiger partial charge in [-0.25, -0.2) is 0 Å². The second-order valence-electron chi connectivity index (χ2n) is 8.78. The lowest BCUT2D eigenvalue weighted by atomic mass is 9.49. The van der Waals surface area contributed by atoms with Gasteiger partial charge in [-0.2, -0.15) is 0 Å². The Hall–Kier alpha value is -1.06.